The van der Waals surface area contributed by atoms with Crippen LogP contribution in [0.4, 0.5) is 24.5 Å². The van der Waals surface area contributed by atoms with Crippen LogP contribution in [0.3, 0.4) is 0 Å². The van der Waals surface area contributed by atoms with Crippen molar-refractivity contribution in [2.75, 3.05) is 16.8 Å². The molecule has 0 aromatic heterocycles. The maximum absolute atomic E-state index is 12.6. The van der Waals surface area contributed by atoms with Gasteiger partial charge in [0.05, 0.1) is 5.56 Å². The van der Waals surface area contributed by atoms with E-state index in [1.165, 1.54) is 12.1 Å². The topological polar surface area (TPSA) is 32.3 Å². The van der Waals surface area contributed by atoms with Crippen LogP contribution in [0.1, 0.15) is 36.7 Å². The summed E-state index contributed by atoms with van der Waals surface area (Å²) in [7, 11) is 0. The molecule has 0 fully saturated rings. The SMILES string of the molecule is CCN(c1ccc(NC(=O)c2ccc(C(F)(F)F)cc2)cc1)C(C)C. The van der Waals surface area contributed by atoms with Crippen molar-refractivity contribution < 1.29 is 18.0 Å². The van der Waals surface area contributed by atoms with E-state index in [1.54, 1.807) is 12.1 Å². The summed E-state index contributed by atoms with van der Waals surface area (Å²) in [4.78, 5) is 14.4. The third-order valence-corrected chi connectivity index (χ3v) is 3.90. The molecule has 0 aliphatic carbocycles. The van der Waals surface area contributed by atoms with Gasteiger partial charge < -0.3 is 10.2 Å². The van der Waals surface area contributed by atoms with Gasteiger partial charge in [-0.3, -0.25) is 4.79 Å². The molecule has 25 heavy (non-hydrogen) atoms. The fraction of sp³-hybridized carbons (Fsp3) is 0.316. The van der Waals surface area contributed by atoms with Crippen molar-refractivity contribution in [3.8, 4) is 0 Å². The van der Waals surface area contributed by atoms with E-state index in [1.807, 2.05) is 12.1 Å². The molecular formula is C19H21F3N2O. The number of carbonyl (C=O) groups is 1. The van der Waals surface area contributed by atoms with Crippen molar-refractivity contribution in [2.24, 2.45) is 0 Å². The lowest BCUT2D eigenvalue weighted by atomic mass is 10.1. The summed E-state index contributed by atoms with van der Waals surface area (Å²) >= 11 is 0. The highest BCUT2D eigenvalue weighted by Crippen LogP contribution is 2.29. The summed E-state index contributed by atoms with van der Waals surface area (Å²) in [6, 6.07) is 11.9. The van der Waals surface area contributed by atoms with E-state index in [0.29, 0.717) is 11.7 Å². The van der Waals surface area contributed by atoms with Crippen molar-refractivity contribution in [1.29, 1.82) is 0 Å². The minimum atomic E-state index is -4.41. The minimum absolute atomic E-state index is 0.175. The summed E-state index contributed by atoms with van der Waals surface area (Å²) in [5, 5.41) is 2.69. The van der Waals surface area contributed by atoms with Gasteiger partial charge in [-0.1, -0.05) is 0 Å². The normalized spacial score (nSPS) is 11.5. The molecule has 0 aliphatic heterocycles. The van der Waals surface area contributed by atoms with Crippen LogP contribution in [0.15, 0.2) is 48.5 Å². The highest BCUT2D eigenvalue weighted by Gasteiger charge is 2.30. The van der Waals surface area contributed by atoms with Crippen LogP contribution in [0.25, 0.3) is 0 Å². The zero-order valence-electron chi connectivity index (χ0n) is 14.4. The maximum Gasteiger partial charge on any atom is 0.416 e. The first-order valence-corrected chi connectivity index (χ1v) is 8.07. The Morgan fingerprint density at radius 1 is 1.04 bits per heavy atom. The summed E-state index contributed by atoms with van der Waals surface area (Å²) in [6.45, 7) is 7.14. The van der Waals surface area contributed by atoms with E-state index in [0.717, 1.165) is 24.4 Å². The maximum atomic E-state index is 12.6. The van der Waals surface area contributed by atoms with Crippen LogP contribution in [-0.2, 0) is 6.18 Å². The van der Waals surface area contributed by atoms with Gasteiger partial charge in [-0.2, -0.15) is 13.2 Å². The van der Waals surface area contributed by atoms with Gasteiger partial charge in [0.15, 0.2) is 0 Å². The summed E-state index contributed by atoms with van der Waals surface area (Å²) in [5.74, 6) is -0.447. The number of alkyl halides is 3. The highest BCUT2D eigenvalue weighted by atomic mass is 19.4. The molecule has 0 bridgehead atoms. The number of anilines is 2. The number of benzene rings is 2. The van der Waals surface area contributed by atoms with Crippen LogP contribution in [0, 0.1) is 0 Å². The molecule has 0 saturated carbocycles. The second kappa shape index (κ2) is 7.59. The molecule has 2 aromatic carbocycles. The van der Waals surface area contributed by atoms with E-state index in [9.17, 15) is 18.0 Å². The van der Waals surface area contributed by atoms with E-state index in [4.69, 9.17) is 0 Å². The second-order valence-corrected chi connectivity index (χ2v) is 5.96. The van der Waals surface area contributed by atoms with Crippen LogP contribution in [-0.4, -0.2) is 18.5 Å². The molecule has 2 aromatic rings. The molecule has 1 N–H and O–H groups in total. The van der Waals surface area contributed by atoms with Gasteiger partial charge >= 0.3 is 6.18 Å². The predicted octanol–water partition coefficient (Wildman–Crippen LogP) is 5.19. The number of hydrogen-bond acceptors (Lipinski definition) is 2. The molecule has 0 radical (unpaired) electrons. The molecule has 6 heteroatoms. The molecule has 0 saturated heterocycles. The first-order valence-electron chi connectivity index (χ1n) is 8.07. The Labute approximate surface area is 145 Å². The van der Waals surface area contributed by atoms with Gasteiger partial charge in [0, 0.05) is 29.5 Å². The van der Waals surface area contributed by atoms with Crippen LogP contribution < -0.4 is 10.2 Å². The lowest BCUT2D eigenvalue weighted by molar-refractivity contribution is -0.137. The predicted molar refractivity (Wildman–Crippen MR) is 94.0 cm³/mol. The molecule has 0 atom stereocenters. The standard InChI is InChI=1S/C19H21F3N2O/c1-4-24(13(2)3)17-11-9-16(10-12-17)23-18(25)14-5-7-15(8-6-14)19(20,21)22/h5-13H,4H2,1-3H3,(H,23,25). The van der Waals surface area contributed by atoms with E-state index < -0.39 is 17.6 Å². The summed E-state index contributed by atoms with van der Waals surface area (Å²) in [5.41, 5.74) is 1.04. The van der Waals surface area contributed by atoms with Gasteiger partial charge in [-0.15, -0.1) is 0 Å². The quantitative estimate of drug-likeness (QED) is 0.804. The van der Waals surface area contributed by atoms with E-state index in [2.05, 4.69) is 31.0 Å². The van der Waals surface area contributed by atoms with Crippen molar-refractivity contribution in [1.82, 2.24) is 0 Å². The molecule has 134 valence electrons. The Bertz CT molecular complexity index is 707. The number of nitrogens with zero attached hydrogens (tertiary/aromatic N) is 1. The van der Waals surface area contributed by atoms with Gasteiger partial charge in [-0.05, 0) is 69.3 Å². The zero-order valence-corrected chi connectivity index (χ0v) is 14.4. The largest absolute Gasteiger partial charge is 0.416 e. The Hall–Kier alpha value is -2.50. The van der Waals surface area contributed by atoms with Crippen molar-refractivity contribution in [3.63, 3.8) is 0 Å². The second-order valence-electron chi connectivity index (χ2n) is 5.96. The minimum Gasteiger partial charge on any atom is -0.369 e. The van der Waals surface area contributed by atoms with Gasteiger partial charge in [0.1, 0.15) is 0 Å². The first kappa shape index (κ1) is 18.8. The first-order chi connectivity index (χ1) is 11.7. The molecule has 0 aliphatic rings. The van der Waals surface area contributed by atoms with Gasteiger partial charge in [-0.25, -0.2) is 0 Å². The van der Waals surface area contributed by atoms with E-state index >= 15 is 0 Å². The fourth-order valence-electron chi connectivity index (χ4n) is 2.60. The van der Waals surface area contributed by atoms with Crippen molar-refractivity contribution in [2.45, 2.75) is 33.0 Å². The molecule has 2 rings (SSSR count). The number of rotatable bonds is 5. The zero-order chi connectivity index (χ0) is 18.6. The number of hydrogen-bond donors (Lipinski definition) is 1. The number of nitrogens with one attached hydrogen (secondary N) is 1. The number of carbonyl (C=O) groups excluding carboxylic acids is 1. The molecular weight excluding hydrogens is 329 g/mol. The Morgan fingerprint density at radius 3 is 2.04 bits per heavy atom. The lowest BCUT2D eigenvalue weighted by Crippen LogP contribution is -2.30. The monoisotopic (exact) mass is 350 g/mol. The average molecular weight is 350 g/mol. The highest BCUT2D eigenvalue weighted by molar-refractivity contribution is 6.04. The van der Waals surface area contributed by atoms with Crippen LogP contribution >= 0.6 is 0 Å². The lowest BCUT2D eigenvalue weighted by Gasteiger charge is -2.27. The van der Waals surface area contributed by atoms with Crippen molar-refractivity contribution in [3.05, 3.63) is 59.7 Å². The summed E-state index contributed by atoms with van der Waals surface area (Å²) in [6.07, 6.45) is -4.41. The molecule has 1 amide bonds. The molecule has 3 nitrogen and oxygen atoms in total. The molecule has 0 unspecified atom stereocenters. The Kier molecular flexibility index (Phi) is 5.72. The smallest absolute Gasteiger partial charge is 0.369 e. The Balaban J connectivity index is 2.08. The third-order valence-electron chi connectivity index (χ3n) is 3.90. The number of amides is 1. The fourth-order valence-corrected chi connectivity index (χ4v) is 2.60. The number of halogens is 3. The molecule has 0 spiro atoms. The van der Waals surface area contributed by atoms with Crippen molar-refractivity contribution >= 4 is 17.3 Å². The third kappa shape index (κ3) is 4.75. The van der Waals surface area contributed by atoms with Crippen LogP contribution in [0.2, 0.25) is 0 Å². The van der Waals surface area contributed by atoms with Crippen LogP contribution in [0.5, 0.6) is 0 Å². The summed E-state index contributed by atoms with van der Waals surface area (Å²) < 4.78 is 37.7. The van der Waals surface area contributed by atoms with Gasteiger partial charge in [0.25, 0.3) is 5.91 Å². The van der Waals surface area contributed by atoms with Gasteiger partial charge in [0.2, 0.25) is 0 Å². The Morgan fingerprint density at radius 2 is 1.60 bits per heavy atom. The molecule has 0 heterocycles. The van der Waals surface area contributed by atoms with E-state index in [-0.39, 0.29) is 5.56 Å². The average Bonchev–Trinajstić information content (AvgIpc) is 2.56.